The SMILES string of the molecule is COc1cc(C)c(C(Br)CC2CCCCC2)cc1OC. The first kappa shape index (κ1) is 15.7. The molecule has 0 spiro atoms. The molecule has 1 aliphatic carbocycles. The van der Waals surface area contributed by atoms with Crippen LogP contribution in [0.5, 0.6) is 11.5 Å². The lowest BCUT2D eigenvalue weighted by Crippen LogP contribution is -2.09. The van der Waals surface area contributed by atoms with Crippen LogP contribution in [-0.4, -0.2) is 14.2 Å². The molecular formula is C17H25BrO2. The van der Waals surface area contributed by atoms with E-state index in [0.717, 1.165) is 17.4 Å². The number of aryl methyl sites for hydroxylation is 1. The molecule has 20 heavy (non-hydrogen) atoms. The average molecular weight is 341 g/mol. The van der Waals surface area contributed by atoms with Crippen molar-refractivity contribution in [3.63, 3.8) is 0 Å². The third-order valence-corrected chi connectivity index (χ3v) is 5.24. The molecule has 0 saturated heterocycles. The predicted octanol–water partition coefficient (Wildman–Crippen LogP) is 5.42. The summed E-state index contributed by atoms with van der Waals surface area (Å²) in [5.41, 5.74) is 2.59. The molecule has 1 aromatic carbocycles. The van der Waals surface area contributed by atoms with Crippen LogP contribution in [0.25, 0.3) is 0 Å². The molecular weight excluding hydrogens is 316 g/mol. The number of ether oxygens (including phenoxy) is 2. The van der Waals surface area contributed by atoms with Crippen molar-refractivity contribution in [1.29, 1.82) is 0 Å². The molecule has 1 aromatic rings. The van der Waals surface area contributed by atoms with Gasteiger partial charge >= 0.3 is 0 Å². The molecule has 112 valence electrons. The van der Waals surface area contributed by atoms with E-state index in [1.807, 2.05) is 0 Å². The van der Waals surface area contributed by atoms with Gasteiger partial charge in [-0.3, -0.25) is 0 Å². The van der Waals surface area contributed by atoms with Crippen LogP contribution in [0.2, 0.25) is 0 Å². The van der Waals surface area contributed by atoms with Crippen molar-refractivity contribution in [2.75, 3.05) is 14.2 Å². The predicted molar refractivity (Wildman–Crippen MR) is 87.1 cm³/mol. The lowest BCUT2D eigenvalue weighted by Gasteiger charge is -2.25. The van der Waals surface area contributed by atoms with Crippen LogP contribution in [0.3, 0.4) is 0 Å². The van der Waals surface area contributed by atoms with Crippen molar-refractivity contribution in [1.82, 2.24) is 0 Å². The van der Waals surface area contributed by atoms with Gasteiger partial charge in [-0.2, -0.15) is 0 Å². The van der Waals surface area contributed by atoms with Gasteiger partial charge in [0.05, 0.1) is 14.2 Å². The van der Waals surface area contributed by atoms with Gasteiger partial charge in [0.2, 0.25) is 0 Å². The van der Waals surface area contributed by atoms with Crippen LogP contribution in [0.4, 0.5) is 0 Å². The van der Waals surface area contributed by atoms with Crippen LogP contribution >= 0.6 is 15.9 Å². The lowest BCUT2D eigenvalue weighted by atomic mass is 9.84. The molecule has 1 atom stereocenters. The maximum absolute atomic E-state index is 5.43. The fourth-order valence-corrected chi connectivity index (χ4v) is 4.20. The van der Waals surface area contributed by atoms with E-state index >= 15 is 0 Å². The first-order valence-electron chi connectivity index (χ1n) is 7.52. The van der Waals surface area contributed by atoms with Crippen molar-refractivity contribution < 1.29 is 9.47 Å². The van der Waals surface area contributed by atoms with Gasteiger partial charge in [-0.1, -0.05) is 48.0 Å². The third kappa shape index (κ3) is 3.69. The Labute approximate surface area is 131 Å². The van der Waals surface area contributed by atoms with Crippen LogP contribution in [0.15, 0.2) is 12.1 Å². The Hall–Kier alpha value is -0.700. The number of alkyl halides is 1. The zero-order valence-corrected chi connectivity index (χ0v) is 14.3. The molecule has 1 saturated carbocycles. The number of halogens is 1. The van der Waals surface area contributed by atoms with E-state index in [-0.39, 0.29) is 0 Å². The maximum atomic E-state index is 5.43. The molecule has 0 bridgehead atoms. The molecule has 1 fully saturated rings. The fourth-order valence-electron chi connectivity index (χ4n) is 3.18. The zero-order chi connectivity index (χ0) is 14.5. The smallest absolute Gasteiger partial charge is 0.161 e. The van der Waals surface area contributed by atoms with Gasteiger partial charge in [-0.05, 0) is 42.5 Å². The van der Waals surface area contributed by atoms with Gasteiger partial charge in [0, 0.05) is 4.83 Å². The molecule has 2 nitrogen and oxygen atoms in total. The molecule has 1 aliphatic rings. The Bertz CT molecular complexity index is 439. The van der Waals surface area contributed by atoms with Crippen LogP contribution in [0.1, 0.15) is 54.5 Å². The fraction of sp³-hybridized carbons (Fsp3) is 0.647. The van der Waals surface area contributed by atoms with Crippen LogP contribution in [0, 0.1) is 12.8 Å². The monoisotopic (exact) mass is 340 g/mol. The van der Waals surface area contributed by atoms with Gasteiger partial charge in [-0.15, -0.1) is 0 Å². The van der Waals surface area contributed by atoms with E-state index in [1.54, 1.807) is 14.2 Å². The van der Waals surface area contributed by atoms with Crippen LogP contribution in [-0.2, 0) is 0 Å². The highest BCUT2D eigenvalue weighted by atomic mass is 79.9. The summed E-state index contributed by atoms with van der Waals surface area (Å²) in [6.45, 7) is 2.15. The minimum atomic E-state index is 0.408. The Morgan fingerprint density at radius 1 is 1.10 bits per heavy atom. The Balaban J connectivity index is 2.13. The average Bonchev–Trinajstić information content (AvgIpc) is 2.47. The molecule has 0 radical (unpaired) electrons. The maximum Gasteiger partial charge on any atom is 0.161 e. The first-order valence-corrected chi connectivity index (χ1v) is 8.44. The van der Waals surface area contributed by atoms with Gasteiger partial charge in [0.25, 0.3) is 0 Å². The molecule has 3 heteroatoms. The molecule has 0 amide bonds. The van der Waals surface area contributed by atoms with Gasteiger partial charge in [-0.25, -0.2) is 0 Å². The molecule has 0 aromatic heterocycles. The van der Waals surface area contributed by atoms with Gasteiger partial charge < -0.3 is 9.47 Å². The molecule has 2 rings (SSSR count). The van der Waals surface area contributed by atoms with Crippen molar-refractivity contribution in [3.8, 4) is 11.5 Å². The Kier molecular flexibility index (Phi) is 5.76. The second kappa shape index (κ2) is 7.35. The van der Waals surface area contributed by atoms with Gasteiger partial charge in [0.1, 0.15) is 0 Å². The zero-order valence-electron chi connectivity index (χ0n) is 12.7. The van der Waals surface area contributed by atoms with E-state index in [2.05, 4.69) is 35.0 Å². The lowest BCUT2D eigenvalue weighted by molar-refractivity contribution is 0.337. The number of hydrogen-bond acceptors (Lipinski definition) is 2. The molecule has 0 aliphatic heterocycles. The van der Waals surface area contributed by atoms with Crippen molar-refractivity contribution in [2.45, 2.75) is 50.3 Å². The van der Waals surface area contributed by atoms with Crippen molar-refractivity contribution >= 4 is 15.9 Å². The summed E-state index contributed by atoms with van der Waals surface area (Å²) in [6, 6.07) is 4.19. The first-order chi connectivity index (χ1) is 9.65. The highest BCUT2D eigenvalue weighted by Gasteiger charge is 2.21. The normalized spacial score (nSPS) is 17.8. The van der Waals surface area contributed by atoms with E-state index in [1.165, 1.54) is 49.7 Å². The summed E-state index contributed by atoms with van der Waals surface area (Å²) in [5.74, 6) is 2.49. The summed E-state index contributed by atoms with van der Waals surface area (Å²) in [5, 5.41) is 0. The standard InChI is InChI=1S/C17H25BrO2/c1-12-9-16(19-2)17(20-3)11-14(12)15(18)10-13-7-5-4-6-8-13/h9,11,13,15H,4-8,10H2,1-3H3. The number of benzene rings is 1. The van der Waals surface area contributed by atoms with Crippen LogP contribution < -0.4 is 9.47 Å². The summed E-state index contributed by atoms with van der Waals surface area (Å²) in [6.07, 6.45) is 8.20. The Morgan fingerprint density at radius 3 is 2.30 bits per heavy atom. The quantitative estimate of drug-likeness (QED) is 0.666. The molecule has 0 N–H and O–H groups in total. The van der Waals surface area contributed by atoms with E-state index in [4.69, 9.17) is 9.47 Å². The minimum absolute atomic E-state index is 0.408. The van der Waals surface area contributed by atoms with E-state index in [9.17, 15) is 0 Å². The number of methoxy groups -OCH3 is 2. The minimum Gasteiger partial charge on any atom is -0.493 e. The summed E-state index contributed by atoms with van der Waals surface area (Å²) in [7, 11) is 3.38. The second-order valence-electron chi connectivity index (χ2n) is 5.77. The van der Waals surface area contributed by atoms with Crippen molar-refractivity contribution in [3.05, 3.63) is 23.3 Å². The Morgan fingerprint density at radius 2 is 1.70 bits per heavy atom. The summed E-state index contributed by atoms with van der Waals surface area (Å²) < 4.78 is 10.8. The third-order valence-electron chi connectivity index (χ3n) is 4.37. The summed E-state index contributed by atoms with van der Waals surface area (Å²) in [4.78, 5) is 0.408. The molecule has 0 heterocycles. The summed E-state index contributed by atoms with van der Waals surface area (Å²) >= 11 is 3.89. The second-order valence-corrected chi connectivity index (χ2v) is 6.88. The highest BCUT2D eigenvalue weighted by molar-refractivity contribution is 9.09. The largest absolute Gasteiger partial charge is 0.493 e. The number of rotatable bonds is 5. The van der Waals surface area contributed by atoms with E-state index in [0.29, 0.717) is 4.83 Å². The molecule has 1 unspecified atom stereocenters. The van der Waals surface area contributed by atoms with E-state index < -0.39 is 0 Å². The topological polar surface area (TPSA) is 18.5 Å². The van der Waals surface area contributed by atoms with Gasteiger partial charge in [0.15, 0.2) is 11.5 Å². The number of hydrogen-bond donors (Lipinski definition) is 0. The van der Waals surface area contributed by atoms with Crippen molar-refractivity contribution in [2.24, 2.45) is 5.92 Å². The highest BCUT2D eigenvalue weighted by Crippen LogP contribution is 2.40.